The number of nitrogens with zero attached hydrogens (tertiary/aromatic N) is 1. The Bertz CT molecular complexity index is 892. The molecule has 0 unspecified atom stereocenters. The number of fused-ring (bicyclic) bond motifs is 1. The smallest absolute Gasteiger partial charge is 0.275 e. The van der Waals surface area contributed by atoms with Crippen LogP contribution in [-0.4, -0.2) is 57.0 Å². The van der Waals surface area contributed by atoms with Gasteiger partial charge in [0.2, 0.25) is 0 Å². The maximum Gasteiger partial charge on any atom is 0.275 e. The van der Waals surface area contributed by atoms with Crippen LogP contribution in [-0.2, 0) is 4.79 Å². The fourth-order valence-electron chi connectivity index (χ4n) is 4.26. The van der Waals surface area contributed by atoms with E-state index in [-0.39, 0.29) is 23.6 Å². The third kappa shape index (κ3) is 5.22. The van der Waals surface area contributed by atoms with Crippen molar-refractivity contribution < 1.29 is 24.3 Å². The normalized spacial score (nSPS) is 17.5. The molecule has 0 radical (unpaired) electrons. The lowest BCUT2D eigenvalue weighted by Crippen LogP contribution is -3.16. The summed E-state index contributed by atoms with van der Waals surface area (Å²) < 4.78 is 11.3. The summed E-state index contributed by atoms with van der Waals surface area (Å²) in [5.41, 5.74) is 2.15. The summed E-state index contributed by atoms with van der Waals surface area (Å²) in [5, 5.41) is 12.7. The summed E-state index contributed by atoms with van der Waals surface area (Å²) in [5.74, 6) is 2.12. The molecule has 2 aromatic carbocycles. The van der Waals surface area contributed by atoms with E-state index in [4.69, 9.17) is 9.47 Å². The van der Waals surface area contributed by atoms with Gasteiger partial charge in [-0.2, -0.15) is 0 Å². The fourth-order valence-corrected chi connectivity index (χ4v) is 4.26. The van der Waals surface area contributed by atoms with Crippen LogP contribution in [0, 0.1) is 5.92 Å². The first-order valence-electron chi connectivity index (χ1n) is 11.1. The summed E-state index contributed by atoms with van der Waals surface area (Å²) in [6.07, 6.45) is 0. The van der Waals surface area contributed by atoms with E-state index in [1.54, 1.807) is 12.1 Å². The minimum absolute atomic E-state index is 0.0685. The van der Waals surface area contributed by atoms with Crippen molar-refractivity contribution in [3.8, 4) is 17.2 Å². The predicted molar refractivity (Wildman–Crippen MR) is 119 cm³/mol. The topological polar surface area (TPSA) is 75.5 Å². The van der Waals surface area contributed by atoms with E-state index in [1.165, 1.54) is 4.90 Å². The molecule has 4 rings (SSSR count). The van der Waals surface area contributed by atoms with Crippen LogP contribution in [0.25, 0.3) is 0 Å². The highest BCUT2D eigenvalue weighted by Gasteiger charge is 2.26. The Morgan fingerprint density at radius 2 is 1.74 bits per heavy atom. The van der Waals surface area contributed by atoms with Crippen LogP contribution >= 0.6 is 0 Å². The summed E-state index contributed by atoms with van der Waals surface area (Å²) in [6.45, 7) is 9.42. The average Bonchev–Trinajstić information content (AvgIpc) is 2.78. The number of aromatic hydroxyl groups is 1. The van der Waals surface area contributed by atoms with E-state index in [9.17, 15) is 9.90 Å². The highest BCUT2D eigenvalue weighted by atomic mass is 16.6. The van der Waals surface area contributed by atoms with Gasteiger partial charge >= 0.3 is 0 Å². The van der Waals surface area contributed by atoms with Crippen LogP contribution in [0.5, 0.6) is 17.2 Å². The van der Waals surface area contributed by atoms with Crippen molar-refractivity contribution in [3.05, 3.63) is 48.0 Å². The predicted octanol–water partition coefficient (Wildman–Crippen LogP) is 1.38. The van der Waals surface area contributed by atoms with E-state index in [1.807, 2.05) is 30.3 Å². The maximum atomic E-state index is 12.8. The third-order valence-electron chi connectivity index (χ3n) is 6.00. The second-order valence-electron chi connectivity index (χ2n) is 8.62. The van der Waals surface area contributed by atoms with Gasteiger partial charge in [0.1, 0.15) is 19.0 Å². The van der Waals surface area contributed by atoms with Gasteiger partial charge in [0.15, 0.2) is 18.0 Å². The van der Waals surface area contributed by atoms with E-state index in [0.29, 0.717) is 19.8 Å². The number of amides is 1. The first kappa shape index (κ1) is 21.3. The summed E-state index contributed by atoms with van der Waals surface area (Å²) in [4.78, 5) is 16.4. The number of carbonyl (C=O) groups is 1. The summed E-state index contributed by atoms with van der Waals surface area (Å²) in [6, 6.07) is 13.2. The zero-order chi connectivity index (χ0) is 21.8. The molecule has 2 aliphatic rings. The summed E-state index contributed by atoms with van der Waals surface area (Å²) in [7, 11) is 0. The van der Waals surface area contributed by atoms with Crippen LogP contribution in [0.4, 0.5) is 5.69 Å². The second kappa shape index (κ2) is 9.47. The highest BCUT2D eigenvalue weighted by Crippen LogP contribution is 2.34. The Morgan fingerprint density at radius 1 is 1.06 bits per heavy atom. The quantitative estimate of drug-likeness (QED) is 0.651. The maximum absolute atomic E-state index is 12.8. The van der Waals surface area contributed by atoms with Gasteiger partial charge in [-0.1, -0.05) is 19.9 Å². The number of phenols is 1. The number of phenolic OH excluding ortho intramolecular Hbond substituents is 1. The molecule has 166 valence electrons. The van der Waals surface area contributed by atoms with Gasteiger partial charge < -0.3 is 29.7 Å². The number of ether oxygens (including phenoxy) is 2. The molecule has 1 atom stereocenters. The molecule has 31 heavy (non-hydrogen) atoms. The molecule has 2 aromatic rings. The SMILES string of the molecule is CC(C)[C@@H](NC(=O)C[NH+]1CCN(c2ccc(O)cc2)CC1)c1ccc2c(c1)OCCO2. The number of benzene rings is 2. The number of hydrogen-bond donors (Lipinski definition) is 3. The minimum Gasteiger partial charge on any atom is -0.508 e. The van der Waals surface area contributed by atoms with Crippen molar-refractivity contribution in [1.82, 2.24) is 5.32 Å². The summed E-state index contributed by atoms with van der Waals surface area (Å²) >= 11 is 0. The van der Waals surface area contributed by atoms with Gasteiger partial charge in [0, 0.05) is 5.69 Å². The van der Waals surface area contributed by atoms with Crippen molar-refractivity contribution in [1.29, 1.82) is 0 Å². The third-order valence-corrected chi connectivity index (χ3v) is 6.00. The van der Waals surface area contributed by atoms with Crippen LogP contribution < -0.4 is 24.6 Å². The average molecular weight is 427 g/mol. The molecule has 1 saturated heterocycles. The Kier molecular flexibility index (Phi) is 6.51. The molecule has 1 fully saturated rings. The molecule has 3 N–H and O–H groups in total. The number of rotatable bonds is 6. The van der Waals surface area contributed by atoms with E-state index >= 15 is 0 Å². The minimum atomic E-state index is -0.0685. The van der Waals surface area contributed by atoms with Gasteiger partial charge in [0.25, 0.3) is 5.91 Å². The largest absolute Gasteiger partial charge is 0.508 e. The number of anilines is 1. The Morgan fingerprint density at radius 3 is 2.42 bits per heavy atom. The van der Waals surface area contributed by atoms with Crippen molar-refractivity contribution >= 4 is 11.6 Å². The first-order valence-corrected chi connectivity index (χ1v) is 11.1. The Balaban J connectivity index is 1.32. The molecule has 0 aliphatic carbocycles. The number of piperazine rings is 1. The number of quaternary nitrogens is 1. The number of nitrogens with one attached hydrogen (secondary N) is 2. The molecular weight excluding hydrogens is 394 g/mol. The second-order valence-corrected chi connectivity index (χ2v) is 8.62. The first-order chi connectivity index (χ1) is 15.0. The molecule has 0 spiro atoms. The van der Waals surface area contributed by atoms with Gasteiger partial charge in [-0.15, -0.1) is 0 Å². The molecule has 7 heteroatoms. The molecule has 0 saturated carbocycles. The monoisotopic (exact) mass is 426 g/mol. The molecular formula is C24H32N3O4+. The molecule has 0 aromatic heterocycles. The lowest BCUT2D eigenvalue weighted by molar-refractivity contribution is -0.892. The number of carbonyl (C=O) groups excluding carboxylic acids is 1. The fraction of sp³-hybridized carbons (Fsp3) is 0.458. The zero-order valence-corrected chi connectivity index (χ0v) is 18.3. The number of hydrogen-bond acceptors (Lipinski definition) is 5. The van der Waals surface area contributed by atoms with Crippen molar-refractivity contribution in [3.63, 3.8) is 0 Å². The van der Waals surface area contributed by atoms with Crippen LogP contribution in [0.3, 0.4) is 0 Å². The van der Waals surface area contributed by atoms with E-state index in [2.05, 4.69) is 24.1 Å². The van der Waals surface area contributed by atoms with Crippen molar-refractivity contribution in [2.75, 3.05) is 50.8 Å². The highest BCUT2D eigenvalue weighted by molar-refractivity contribution is 5.77. The molecule has 2 aliphatic heterocycles. The van der Waals surface area contributed by atoms with Crippen molar-refractivity contribution in [2.45, 2.75) is 19.9 Å². The van der Waals surface area contributed by atoms with Gasteiger partial charge in [-0.05, 0) is 47.9 Å². The van der Waals surface area contributed by atoms with Crippen LogP contribution in [0.15, 0.2) is 42.5 Å². The molecule has 7 nitrogen and oxygen atoms in total. The standard InChI is InChI=1S/C24H31N3O4/c1-17(2)24(18-3-8-21-22(15-18)31-14-13-30-21)25-23(29)16-26-9-11-27(12-10-26)19-4-6-20(28)7-5-19/h3-8,15,17,24,28H,9-14,16H2,1-2H3,(H,25,29)/p+1/t24-/m1/s1. The van der Waals surface area contributed by atoms with Gasteiger partial charge in [-0.25, -0.2) is 0 Å². The molecule has 0 bridgehead atoms. The lowest BCUT2D eigenvalue weighted by Gasteiger charge is -2.33. The van der Waals surface area contributed by atoms with E-state index < -0.39 is 0 Å². The van der Waals surface area contributed by atoms with Crippen LogP contribution in [0.1, 0.15) is 25.5 Å². The zero-order valence-electron chi connectivity index (χ0n) is 18.3. The molecule has 1 amide bonds. The Hall–Kier alpha value is -2.93. The van der Waals surface area contributed by atoms with Gasteiger partial charge in [0.05, 0.1) is 32.2 Å². The van der Waals surface area contributed by atoms with Crippen LogP contribution in [0.2, 0.25) is 0 Å². The Labute approximate surface area is 183 Å². The van der Waals surface area contributed by atoms with E-state index in [0.717, 1.165) is 48.9 Å². The van der Waals surface area contributed by atoms with Gasteiger partial charge in [-0.3, -0.25) is 4.79 Å². The lowest BCUT2D eigenvalue weighted by atomic mass is 9.95. The van der Waals surface area contributed by atoms with Crippen molar-refractivity contribution in [2.24, 2.45) is 5.92 Å². The molecule has 2 heterocycles.